The number of carbonyl (C=O) groups is 1. The Kier molecular flexibility index (Phi) is 6.54. The van der Waals surface area contributed by atoms with E-state index in [0.29, 0.717) is 0 Å². The molecule has 0 aliphatic rings. The van der Waals surface area contributed by atoms with E-state index in [0.717, 1.165) is 19.4 Å². The van der Waals surface area contributed by atoms with E-state index in [1.165, 1.54) is 7.11 Å². The molecule has 0 aromatic carbocycles. The number of likely N-dealkylation sites (N-methyl/N-ethyl adjacent to an activating group) is 1. The Morgan fingerprint density at radius 1 is 1.62 bits per heavy atom. The lowest BCUT2D eigenvalue weighted by atomic mass is 10.2. The molecule has 4 heteroatoms. The monoisotopic (exact) mass is 188 g/mol. The molecule has 0 fully saturated rings. The Morgan fingerprint density at radius 2 is 2.23 bits per heavy atom. The SMILES string of the molecule is CCCCN(C)C(=O)C(CN)OC. The van der Waals surface area contributed by atoms with E-state index in [4.69, 9.17) is 10.5 Å². The first-order valence-electron chi connectivity index (χ1n) is 4.65. The predicted molar refractivity (Wildman–Crippen MR) is 52.4 cm³/mol. The van der Waals surface area contributed by atoms with Crippen molar-refractivity contribution in [2.75, 3.05) is 27.2 Å². The third-order valence-corrected chi connectivity index (χ3v) is 2.00. The second-order valence-corrected chi connectivity index (χ2v) is 3.07. The Balaban J connectivity index is 3.92. The maximum Gasteiger partial charge on any atom is 0.252 e. The van der Waals surface area contributed by atoms with Crippen molar-refractivity contribution in [1.82, 2.24) is 4.90 Å². The molecule has 1 amide bonds. The molecule has 0 bridgehead atoms. The number of ether oxygens (including phenoxy) is 1. The van der Waals surface area contributed by atoms with E-state index in [1.54, 1.807) is 11.9 Å². The molecule has 0 spiro atoms. The summed E-state index contributed by atoms with van der Waals surface area (Å²) in [5, 5.41) is 0. The Morgan fingerprint density at radius 3 is 2.62 bits per heavy atom. The molecular formula is C9H20N2O2. The second kappa shape index (κ2) is 6.86. The van der Waals surface area contributed by atoms with Crippen LogP contribution in [0.4, 0.5) is 0 Å². The summed E-state index contributed by atoms with van der Waals surface area (Å²) in [7, 11) is 3.28. The lowest BCUT2D eigenvalue weighted by Crippen LogP contribution is -2.42. The average Bonchev–Trinajstić information content (AvgIpc) is 2.15. The Labute approximate surface area is 80.0 Å². The van der Waals surface area contributed by atoms with Crippen molar-refractivity contribution in [1.29, 1.82) is 0 Å². The van der Waals surface area contributed by atoms with E-state index < -0.39 is 6.10 Å². The van der Waals surface area contributed by atoms with Gasteiger partial charge in [0.2, 0.25) is 0 Å². The minimum absolute atomic E-state index is 0.0292. The molecule has 13 heavy (non-hydrogen) atoms. The topological polar surface area (TPSA) is 55.6 Å². The lowest BCUT2D eigenvalue weighted by Gasteiger charge is -2.21. The van der Waals surface area contributed by atoms with Crippen molar-refractivity contribution in [3.8, 4) is 0 Å². The first kappa shape index (κ1) is 12.4. The van der Waals surface area contributed by atoms with Gasteiger partial charge in [0, 0.05) is 27.2 Å². The van der Waals surface area contributed by atoms with Crippen molar-refractivity contribution in [3.63, 3.8) is 0 Å². The normalized spacial score (nSPS) is 12.6. The number of hydrogen-bond donors (Lipinski definition) is 1. The van der Waals surface area contributed by atoms with Gasteiger partial charge in [0.25, 0.3) is 5.91 Å². The highest BCUT2D eigenvalue weighted by atomic mass is 16.5. The number of amides is 1. The molecule has 2 N–H and O–H groups in total. The Hall–Kier alpha value is -0.610. The van der Waals surface area contributed by atoms with Crippen LogP contribution < -0.4 is 5.73 Å². The molecule has 0 aliphatic heterocycles. The highest BCUT2D eigenvalue weighted by Gasteiger charge is 2.19. The highest BCUT2D eigenvalue weighted by Crippen LogP contribution is 1.97. The zero-order chi connectivity index (χ0) is 10.3. The summed E-state index contributed by atoms with van der Waals surface area (Å²) in [4.78, 5) is 13.2. The summed E-state index contributed by atoms with van der Waals surface area (Å²) >= 11 is 0. The van der Waals surface area contributed by atoms with Crippen LogP contribution in [-0.2, 0) is 9.53 Å². The molecule has 0 aliphatic carbocycles. The van der Waals surface area contributed by atoms with Crippen molar-refractivity contribution < 1.29 is 9.53 Å². The summed E-state index contributed by atoms with van der Waals surface area (Å²) in [6.07, 6.45) is 1.61. The average molecular weight is 188 g/mol. The van der Waals surface area contributed by atoms with Crippen LogP contribution in [0.15, 0.2) is 0 Å². The predicted octanol–water partition coefficient (Wildman–Crippen LogP) is 0.219. The van der Waals surface area contributed by atoms with Crippen LogP contribution in [-0.4, -0.2) is 44.2 Å². The molecule has 0 saturated heterocycles. The Bertz CT molecular complexity index is 147. The number of rotatable bonds is 6. The smallest absolute Gasteiger partial charge is 0.252 e. The maximum absolute atomic E-state index is 11.5. The quantitative estimate of drug-likeness (QED) is 0.648. The van der Waals surface area contributed by atoms with Crippen LogP contribution >= 0.6 is 0 Å². The van der Waals surface area contributed by atoms with Gasteiger partial charge < -0.3 is 15.4 Å². The molecule has 0 aromatic heterocycles. The van der Waals surface area contributed by atoms with Crippen LogP contribution in [0.5, 0.6) is 0 Å². The van der Waals surface area contributed by atoms with Crippen molar-refractivity contribution in [3.05, 3.63) is 0 Å². The molecular weight excluding hydrogens is 168 g/mol. The fourth-order valence-corrected chi connectivity index (χ4v) is 1.05. The first-order chi connectivity index (χ1) is 6.17. The van der Waals surface area contributed by atoms with Gasteiger partial charge in [-0.25, -0.2) is 0 Å². The van der Waals surface area contributed by atoms with Crippen LogP contribution in [0.1, 0.15) is 19.8 Å². The zero-order valence-corrected chi connectivity index (χ0v) is 8.75. The lowest BCUT2D eigenvalue weighted by molar-refractivity contribution is -0.140. The third-order valence-electron chi connectivity index (χ3n) is 2.00. The summed E-state index contributed by atoms with van der Waals surface area (Å²) < 4.78 is 4.95. The van der Waals surface area contributed by atoms with Crippen LogP contribution in [0, 0.1) is 0 Å². The molecule has 4 nitrogen and oxygen atoms in total. The molecule has 0 saturated carbocycles. The highest BCUT2D eigenvalue weighted by molar-refractivity contribution is 5.80. The van der Waals surface area contributed by atoms with Crippen molar-refractivity contribution in [2.45, 2.75) is 25.9 Å². The van der Waals surface area contributed by atoms with Gasteiger partial charge in [-0.05, 0) is 6.42 Å². The van der Waals surface area contributed by atoms with Gasteiger partial charge >= 0.3 is 0 Å². The standard InChI is InChI=1S/C9H20N2O2/c1-4-5-6-11(2)9(12)8(7-10)13-3/h8H,4-7,10H2,1-3H3. The number of methoxy groups -OCH3 is 1. The van der Waals surface area contributed by atoms with Gasteiger partial charge in [0.1, 0.15) is 6.10 Å². The van der Waals surface area contributed by atoms with Gasteiger partial charge in [-0.3, -0.25) is 4.79 Å². The minimum atomic E-state index is -0.484. The number of unbranched alkanes of at least 4 members (excludes halogenated alkanes) is 1. The molecule has 0 heterocycles. The van der Waals surface area contributed by atoms with Gasteiger partial charge in [0.05, 0.1) is 0 Å². The fraction of sp³-hybridized carbons (Fsp3) is 0.889. The zero-order valence-electron chi connectivity index (χ0n) is 8.75. The molecule has 1 unspecified atom stereocenters. The molecule has 1 atom stereocenters. The van der Waals surface area contributed by atoms with E-state index in [-0.39, 0.29) is 12.5 Å². The van der Waals surface area contributed by atoms with Crippen LogP contribution in [0.2, 0.25) is 0 Å². The molecule has 78 valence electrons. The fourth-order valence-electron chi connectivity index (χ4n) is 1.05. The number of carbonyl (C=O) groups excluding carboxylic acids is 1. The van der Waals surface area contributed by atoms with Gasteiger partial charge in [-0.2, -0.15) is 0 Å². The number of nitrogens with zero attached hydrogens (tertiary/aromatic N) is 1. The van der Waals surface area contributed by atoms with Crippen LogP contribution in [0.3, 0.4) is 0 Å². The largest absolute Gasteiger partial charge is 0.370 e. The molecule has 0 aromatic rings. The second-order valence-electron chi connectivity index (χ2n) is 3.07. The van der Waals surface area contributed by atoms with Crippen LogP contribution in [0.25, 0.3) is 0 Å². The van der Waals surface area contributed by atoms with Gasteiger partial charge in [-0.15, -0.1) is 0 Å². The number of hydrogen-bond acceptors (Lipinski definition) is 3. The van der Waals surface area contributed by atoms with Gasteiger partial charge in [0.15, 0.2) is 0 Å². The van der Waals surface area contributed by atoms with Crippen molar-refractivity contribution >= 4 is 5.91 Å². The van der Waals surface area contributed by atoms with E-state index >= 15 is 0 Å². The minimum Gasteiger partial charge on any atom is -0.370 e. The molecule has 0 radical (unpaired) electrons. The summed E-state index contributed by atoms with van der Waals surface area (Å²) in [5.41, 5.74) is 5.38. The maximum atomic E-state index is 11.5. The third kappa shape index (κ3) is 4.24. The summed E-state index contributed by atoms with van der Waals surface area (Å²) in [6, 6.07) is 0. The molecule has 0 rings (SSSR count). The summed E-state index contributed by atoms with van der Waals surface area (Å²) in [6.45, 7) is 3.11. The van der Waals surface area contributed by atoms with Gasteiger partial charge in [-0.1, -0.05) is 13.3 Å². The van der Waals surface area contributed by atoms with E-state index in [1.807, 2.05) is 0 Å². The van der Waals surface area contributed by atoms with E-state index in [9.17, 15) is 4.79 Å². The number of nitrogens with two attached hydrogens (primary N) is 1. The van der Waals surface area contributed by atoms with E-state index in [2.05, 4.69) is 6.92 Å². The summed E-state index contributed by atoms with van der Waals surface area (Å²) in [5.74, 6) is -0.0292. The van der Waals surface area contributed by atoms with Crippen molar-refractivity contribution in [2.24, 2.45) is 5.73 Å². The first-order valence-corrected chi connectivity index (χ1v) is 4.65.